The molecule has 0 heterocycles. The van der Waals surface area contributed by atoms with Crippen LogP contribution >= 0.6 is 12.6 Å². The van der Waals surface area contributed by atoms with Crippen molar-refractivity contribution in [2.24, 2.45) is 0 Å². The van der Waals surface area contributed by atoms with E-state index in [4.69, 9.17) is 12.6 Å². The first-order chi connectivity index (χ1) is 7.20. The van der Waals surface area contributed by atoms with Crippen LogP contribution in [0.4, 0.5) is 0 Å². The Balaban J connectivity index is 2.87. The zero-order chi connectivity index (χ0) is 11.3. The predicted octanol–water partition coefficient (Wildman–Crippen LogP) is 3.53. The van der Waals surface area contributed by atoms with Crippen molar-refractivity contribution in [1.29, 1.82) is 0 Å². The highest BCUT2D eigenvalue weighted by atomic mass is 32.1. The summed E-state index contributed by atoms with van der Waals surface area (Å²) in [6.45, 7) is 6.49. The van der Waals surface area contributed by atoms with Crippen molar-refractivity contribution < 1.29 is 0 Å². The van der Waals surface area contributed by atoms with E-state index in [2.05, 4.69) is 46.1 Å². The Hall–Kier alpha value is -0.365. The van der Waals surface area contributed by atoms with E-state index in [0.29, 0.717) is 5.25 Å². The van der Waals surface area contributed by atoms with E-state index < -0.39 is 0 Å². The first kappa shape index (κ1) is 12.7. The Labute approximate surface area is 100 Å². The van der Waals surface area contributed by atoms with E-state index in [1.807, 2.05) is 0 Å². The Morgan fingerprint density at radius 2 is 2.13 bits per heavy atom. The molecule has 2 heteroatoms. The molecule has 0 fully saturated rings. The molecule has 1 unspecified atom stereocenters. The number of hydrogen-bond acceptors (Lipinski definition) is 1. The molecule has 0 bridgehead atoms. The van der Waals surface area contributed by atoms with Gasteiger partial charge in [-0.3, -0.25) is 0 Å². The van der Waals surface area contributed by atoms with Crippen LogP contribution in [0.2, 0.25) is 6.82 Å². The molecule has 0 aliphatic rings. The van der Waals surface area contributed by atoms with Crippen LogP contribution in [0.15, 0.2) is 18.2 Å². The van der Waals surface area contributed by atoms with Crippen molar-refractivity contribution >= 4 is 25.4 Å². The molecular weight excluding hydrogens is 199 g/mol. The second-order valence-electron chi connectivity index (χ2n) is 4.02. The molecule has 0 aromatic heterocycles. The van der Waals surface area contributed by atoms with Crippen molar-refractivity contribution in [2.45, 2.75) is 45.2 Å². The SMILES string of the molecule is C[B]c1c(C)cccc1C(S)CCCC. The number of rotatable bonds is 5. The second-order valence-corrected chi connectivity index (χ2v) is 4.65. The zero-order valence-electron chi connectivity index (χ0n) is 9.96. The molecular formula is C13H20BS. The van der Waals surface area contributed by atoms with Gasteiger partial charge >= 0.3 is 0 Å². The van der Waals surface area contributed by atoms with Gasteiger partial charge in [0.2, 0.25) is 0 Å². The molecule has 0 amide bonds. The highest BCUT2D eigenvalue weighted by Gasteiger charge is 2.11. The molecule has 0 aliphatic heterocycles. The van der Waals surface area contributed by atoms with Gasteiger partial charge in [0, 0.05) is 5.25 Å². The number of aryl methyl sites for hydroxylation is 1. The molecule has 15 heavy (non-hydrogen) atoms. The van der Waals surface area contributed by atoms with E-state index in [1.54, 1.807) is 0 Å². The molecule has 1 aromatic rings. The average molecular weight is 219 g/mol. The Morgan fingerprint density at radius 1 is 1.40 bits per heavy atom. The molecule has 1 rings (SSSR count). The molecule has 0 saturated heterocycles. The summed E-state index contributed by atoms with van der Waals surface area (Å²) >= 11 is 4.70. The second kappa shape index (κ2) is 6.27. The van der Waals surface area contributed by atoms with Gasteiger partial charge in [0.15, 0.2) is 0 Å². The molecule has 1 atom stereocenters. The molecule has 1 aromatic carbocycles. The molecule has 81 valence electrons. The van der Waals surface area contributed by atoms with Crippen LogP contribution in [0.25, 0.3) is 0 Å². The minimum absolute atomic E-state index is 0.385. The van der Waals surface area contributed by atoms with Gasteiger partial charge in [0.25, 0.3) is 0 Å². The lowest BCUT2D eigenvalue weighted by atomic mass is 9.68. The van der Waals surface area contributed by atoms with Crippen LogP contribution in [-0.2, 0) is 0 Å². The summed E-state index contributed by atoms with van der Waals surface area (Å²) in [5.41, 5.74) is 4.11. The third-order valence-electron chi connectivity index (χ3n) is 2.84. The van der Waals surface area contributed by atoms with Gasteiger partial charge in [0.1, 0.15) is 7.28 Å². The maximum atomic E-state index is 4.70. The summed E-state index contributed by atoms with van der Waals surface area (Å²) in [6, 6.07) is 6.50. The number of benzene rings is 1. The quantitative estimate of drug-likeness (QED) is 0.568. The zero-order valence-corrected chi connectivity index (χ0v) is 10.8. The van der Waals surface area contributed by atoms with Gasteiger partial charge in [-0.15, -0.1) is 0 Å². The van der Waals surface area contributed by atoms with Crippen molar-refractivity contribution in [1.82, 2.24) is 0 Å². The largest absolute Gasteiger partial charge is 0.171 e. The van der Waals surface area contributed by atoms with Crippen molar-refractivity contribution in [3.05, 3.63) is 29.3 Å². The van der Waals surface area contributed by atoms with Gasteiger partial charge in [-0.2, -0.15) is 12.6 Å². The van der Waals surface area contributed by atoms with Crippen LogP contribution in [0.5, 0.6) is 0 Å². The van der Waals surface area contributed by atoms with Crippen molar-refractivity contribution in [3.63, 3.8) is 0 Å². The molecule has 0 spiro atoms. The maximum absolute atomic E-state index is 4.70. The fraction of sp³-hybridized carbons (Fsp3) is 0.538. The molecule has 0 aliphatic carbocycles. The van der Waals surface area contributed by atoms with Gasteiger partial charge in [-0.25, -0.2) is 0 Å². The van der Waals surface area contributed by atoms with Crippen LogP contribution in [-0.4, -0.2) is 7.28 Å². The third-order valence-corrected chi connectivity index (χ3v) is 3.37. The average Bonchev–Trinajstić information content (AvgIpc) is 2.25. The number of hydrogen-bond donors (Lipinski definition) is 1. The summed E-state index contributed by atoms with van der Waals surface area (Å²) < 4.78 is 0. The van der Waals surface area contributed by atoms with Crippen molar-refractivity contribution in [3.8, 4) is 0 Å². The maximum Gasteiger partial charge on any atom is 0.149 e. The number of thiol groups is 1. The van der Waals surface area contributed by atoms with E-state index >= 15 is 0 Å². The third kappa shape index (κ3) is 3.30. The smallest absolute Gasteiger partial charge is 0.149 e. The Morgan fingerprint density at radius 3 is 2.73 bits per heavy atom. The summed E-state index contributed by atoms with van der Waals surface area (Å²) in [5.74, 6) is 0. The normalized spacial score (nSPS) is 12.5. The predicted molar refractivity (Wildman–Crippen MR) is 73.7 cm³/mol. The fourth-order valence-electron chi connectivity index (χ4n) is 1.94. The topological polar surface area (TPSA) is 0 Å². The minimum atomic E-state index is 0.385. The highest BCUT2D eigenvalue weighted by molar-refractivity contribution is 7.80. The first-order valence-electron chi connectivity index (χ1n) is 5.77. The Kier molecular flexibility index (Phi) is 5.31. The van der Waals surface area contributed by atoms with Crippen LogP contribution in [0, 0.1) is 6.92 Å². The molecule has 1 radical (unpaired) electrons. The lowest BCUT2D eigenvalue weighted by molar-refractivity contribution is 0.710. The summed E-state index contributed by atoms with van der Waals surface area (Å²) in [7, 11) is 2.19. The van der Waals surface area contributed by atoms with E-state index in [0.717, 1.165) is 0 Å². The first-order valence-corrected chi connectivity index (χ1v) is 6.29. The van der Waals surface area contributed by atoms with Crippen molar-refractivity contribution in [2.75, 3.05) is 0 Å². The summed E-state index contributed by atoms with van der Waals surface area (Å²) in [6.07, 6.45) is 3.67. The van der Waals surface area contributed by atoms with Crippen LogP contribution in [0.1, 0.15) is 42.6 Å². The van der Waals surface area contributed by atoms with Crippen LogP contribution < -0.4 is 5.46 Å². The Bertz CT molecular complexity index is 309. The van der Waals surface area contributed by atoms with E-state index in [9.17, 15) is 0 Å². The van der Waals surface area contributed by atoms with Gasteiger partial charge in [-0.1, -0.05) is 55.8 Å². The molecule has 0 nitrogen and oxygen atoms in total. The lowest BCUT2D eigenvalue weighted by Gasteiger charge is -2.16. The van der Waals surface area contributed by atoms with E-state index in [1.165, 1.54) is 35.9 Å². The monoisotopic (exact) mass is 219 g/mol. The van der Waals surface area contributed by atoms with E-state index in [-0.39, 0.29) is 0 Å². The van der Waals surface area contributed by atoms with Crippen LogP contribution in [0.3, 0.4) is 0 Å². The van der Waals surface area contributed by atoms with Gasteiger partial charge in [-0.05, 0) is 18.9 Å². The molecule has 0 saturated carbocycles. The minimum Gasteiger partial charge on any atom is -0.171 e. The standard InChI is InChI=1S/C13H20BS/c1-4-5-9-12(15)11-8-6-7-10(2)13(11)14-3/h6-8,12,15H,4-5,9H2,1-3H3. The van der Waals surface area contributed by atoms with Gasteiger partial charge in [0.05, 0.1) is 0 Å². The summed E-state index contributed by atoms with van der Waals surface area (Å²) in [5, 5.41) is 0.385. The highest BCUT2D eigenvalue weighted by Crippen LogP contribution is 2.24. The van der Waals surface area contributed by atoms with Gasteiger partial charge < -0.3 is 0 Å². The summed E-state index contributed by atoms with van der Waals surface area (Å²) in [4.78, 5) is 0. The fourth-order valence-corrected chi connectivity index (χ4v) is 2.35. The molecule has 0 N–H and O–H groups in total. The lowest BCUT2D eigenvalue weighted by Crippen LogP contribution is -2.21. The number of unbranched alkanes of at least 4 members (excludes halogenated alkanes) is 1.